The molecule has 256 valence electrons. The van der Waals surface area contributed by atoms with E-state index in [9.17, 15) is 21.9 Å². The molecule has 0 bridgehead atoms. The normalized spacial score (nSPS) is 19.3. The van der Waals surface area contributed by atoms with Crippen LogP contribution in [0, 0.1) is 0 Å². The number of hydrogen-bond acceptors (Lipinski definition) is 9. The first kappa shape index (κ1) is 35.4. The molecule has 13 heteroatoms. The molecule has 0 aromatic heterocycles. The third-order valence-electron chi connectivity index (χ3n) is 8.79. The molecular formula is C34H46N4O7S2. The lowest BCUT2D eigenvalue weighted by molar-refractivity contribution is -0.0312. The van der Waals surface area contributed by atoms with Gasteiger partial charge in [0.05, 0.1) is 22.0 Å². The molecule has 3 aromatic rings. The van der Waals surface area contributed by atoms with Crippen molar-refractivity contribution in [2.75, 3.05) is 39.9 Å². The van der Waals surface area contributed by atoms with Crippen molar-refractivity contribution in [1.29, 1.82) is 0 Å². The second kappa shape index (κ2) is 15.1. The molecule has 0 radical (unpaired) electrons. The molecule has 11 nitrogen and oxygen atoms in total. The maximum Gasteiger partial charge on any atom is 0.243 e. The van der Waals surface area contributed by atoms with Gasteiger partial charge in [-0.15, -0.1) is 0 Å². The number of aliphatic hydroxyl groups excluding tert-OH is 1. The van der Waals surface area contributed by atoms with Gasteiger partial charge in [-0.25, -0.2) is 21.6 Å². The van der Waals surface area contributed by atoms with Gasteiger partial charge in [0.2, 0.25) is 20.0 Å². The van der Waals surface area contributed by atoms with E-state index in [2.05, 4.69) is 41.3 Å². The van der Waals surface area contributed by atoms with Crippen molar-refractivity contribution in [3.63, 3.8) is 0 Å². The molecule has 0 amide bonds. The zero-order valence-electron chi connectivity index (χ0n) is 27.2. The largest absolute Gasteiger partial charge is 0.491 e. The van der Waals surface area contributed by atoms with Crippen molar-refractivity contribution >= 4 is 20.0 Å². The highest BCUT2D eigenvalue weighted by Gasteiger charge is 2.44. The average Bonchev–Trinajstić information content (AvgIpc) is 3.47. The van der Waals surface area contributed by atoms with E-state index in [0.29, 0.717) is 44.3 Å². The van der Waals surface area contributed by atoms with Crippen LogP contribution in [0.3, 0.4) is 0 Å². The topological polar surface area (TPSA) is 146 Å². The minimum Gasteiger partial charge on any atom is -0.491 e. The van der Waals surface area contributed by atoms with Crippen molar-refractivity contribution in [2.24, 2.45) is 0 Å². The van der Waals surface area contributed by atoms with Crippen LogP contribution < -0.4 is 20.1 Å². The van der Waals surface area contributed by atoms with Crippen LogP contribution in [0.1, 0.15) is 38.7 Å². The van der Waals surface area contributed by atoms with Crippen molar-refractivity contribution in [3.05, 3.63) is 78.4 Å². The van der Waals surface area contributed by atoms with Crippen LogP contribution in [0.15, 0.2) is 82.6 Å². The minimum absolute atomic E-state index is 0.0100. The first-order valence-electron chi connectivity index (χ1n) is 16.0. The second-order valence-electron chi connectivity index (χ2n) is 12.6. The van der Waals surface area contributed by atoms with Crippen LogP contribution in [0.25, 0.3) is 11.1 Å². The Morgan fingerprint density at radius 3 is 2.36 bits per heavy atom. The predicted octanol–water partition coefficient (Wildman–Crippen LogP) is 3.10. The molecule has 2 aliphatic rings. The fourth-order valence-electron chi connectivity index (χ4n) is 5.98. The number of sulfonamides is 2. The fraction of sp³-hybridized carbons (Fsp3) is 0.471. The van der Waals surface area contributed by atoms with Gasteiger partial charge in [0.1, 0.15) is 18.5 Å². The Balaban J connectivity index is 1.10. The summed E-state index contributed by atoms with van der Waals surface area (Å²) in [6, 6.07) is 21.8. The molecule has 2 fully saturated rings. The molecule has 2 heterocycles. The molecule has 2 atom stereocenters. The van der Waals surface area contributed by atoms with Gasteiger partial charge >= 0.3 is 0 Å². The standard InChI is InChI=1S/C34H46N4O7S2/c1-25(2)36-21-26-10-12-27(13-11-26)28-6-4-9-33(18-28)47(42,43)38-16-14-34(15-17-38)20-29(23-45-34)37-22-30(39)24-44-31-7-5-8-32(19-31)46(40,41)35-3/h4-13,18-19,25,29-30,35-37,39H,14-17,20-24H2,1-3H3/t29-,30-/m0/s1. The predicted molar refractivity (Wildman–Crippen MR) is 181 cm³/mol. The Hall–Kier alpha value is -2.88. The quantitative estimate of drug-likeness (QED) is 0.201. The number of benzene rings is 3. The van der Waals surface area contributed by atoms with Gasteiger partial charge in [-0.1, -0.05) is 56.3 Å². The molecule has 1 spiro atoms. The highest BCUT2D eigenvalue weighted by molar-refractivity contribution is 7.89. The summed E-state index contributed by atoms with van der Waals surface area (Å²) in [6.07, 6.45) is 1.08. The zero-order chi connectivity index (χ0) is 33.7. The van der Waals surface area contributed by atoms with Gasteiger partial charge in [0, 0.05) is 44.3 Å². The van der Waals surface area contributed by atoms with Gasteiger partial charge in [-0.2, -0.15) is 4.31 Å². The molecule has 5 rings (SSSR count). The summed E-state index contributed by atoms with van der Waals surface area (Å²) < 4.78 is 67.1. The van der Waals surface area contributed by atoms with Gasteiger partial charge in [-0.3, -0.25) is 0 Å². The van der Waals surface area contributed by atoms with Gasteiger partial charge in [-0.05, 0) is 67.3 Å². The van der Waals surface area contributed by atoms with E-state index in [1.807, 2.05) is 18.2 Å². The lowest BCUT2D eigenvalue weighted by Crippen LogP contribution is -2.47. The molecule has 4 N–H and O–H groups in total. The Labute approximate surface area is 278 Å². The minimum atomic E-state index is -3.67. The van der Waals surface area contributed by atoms with Crippen molar-refractivity contribution in [2.45, 2.75) is 73.2 Å². The summed E-state index contributed by atoms with van der Waals surface area (Å²) in [6.45, 7) is 6.47. The van der Waals surface area contributed by atoms with Crippen molar-refractivity contribution in [1.82, 2.24) is 19.7 Å². The second-order valence-corrected chi connectivity index (χ2v) is 16.4. The molecule has 2 aliphatic heterocycles. The van der Waals surface area contributed by atoms with Crippen LogP contribution in [-0.4, -0.2) is 89.9 Å². The first-order chi connectivity index (χ1) is 22.4. The monoisotopic (exact) mass is 686 g/mol. The molecule has 3 aromatic carbocycles. The van der Waals surface area contributed by atoms with Crippen LogP contribution >= 0.6 is 0 Å². The van der Waals surface area contributed by atoms with E-state index in [-0.39, 0.29) is 29.0 Å². The summed E-state index contributed by atoms with van der Waals surface area (Å²) >= 11 is 0. The maximum atomic E-state index is 13.7. The average molecular weight is 687 g/mol. The van der Waals surface area contributed by atoms with E-state index in [0.717, 1.165) is 24.1 Å². The number of ether oxygens (including phenoxy) is 2. The van der Waals surface area contributed by atoms with Gasteiger partial charge in [0.25, 0.3) is 0 Å². The highest BCUT2D eigenvalue weighted by Crippen LogP contribution is 2.37. The summed E-state index contributed by atoms with van der Waals surface area (Å²) in [7, 11) is -5.93. The molecule has 47 heavy (non-hydrogen) atoms. The number of hydrogen-bond donors (Lipinski definition) is 4. The van der Waals surface area contributed by atoms with Crippen molar-refractivity contribution < 1.29 is 31.4 Å². The molecule has 0 saturated carbocycles. The summed E-state index contributed by atoms with van der Waals surface area (Å²) in [5.74, 6) is 0.348. The number of aliphatic hydroxyl groups is 1. The lowest BCUT2D eigenvalue weighted by atomic mass is 9.88. The smallest absolute Gasteiger partial charge is 0.243 e. The van der Waals surface area contributed by atoms with E-state index in [1.165, 1.54) is 24.7 Å². The third-order valence-corrected chi connectivity index (χ3v) is 12.1. The Morgan fingerprint density at radius 1 is 0.957 bits per heavy atom. The highest BCUT2D eigenvalue weighted by atomic mass is 32.2. The van der Waals surface area contributed by atoms with E-state index < -0.39 is 31.8 Å². The Bertz CT molecular complexity index is 1710. The van der Waals surface area contributed by atoms with E-state index in [4.69, 9.17) is 9.47 Å². The number of nitrogens with zero attached hydrogens (tertiary/aromatic N) is 1. The third kappa shape index (κ3) is 8.98. The summed E-state index contributed by atoms with van der Waals surface area (Å²) in [4.78, 5) is 0.372. The molecular weight excluding hydrogens is 641 g/mol. The van der Waals surface area contributed by atoms with Crippen LogP contribution in [-0.2, 0) is 31.3 Å². The zero-order valence-corrected chi connectivity index (χ0v) is 28.8. The van der Waals surface area contributed by atoms with E-state index in [1.54, 1.807) is 34.6 Å². The van der Waals surface area contributed by atoms with Crippen molar-refractivity contribution in [3.8, 4) is 16.9 Å². The maximum absolute atomic E-state index is 13.7. The molecule has 0 aliphatic carbocycles. The fourth-order valence-corrected chi connectivity index (χ4v) is 8.24. The first-order valence-corrected chi connectivity index (χ1v) is 19.0. The molecule has 0 unspecified atom stereocenters. The number of piperidine rings is 1. The SMILES string of the molecule is CNS(=O)(=O)c1cccc(OC[C@@H](O)CN[C@@H]2COC3(CCN(S(=O)(=O)c4cccc(-c5ccc(CNC(C)C)cc5)c4)CC3)C2)c1. The Kier molecular flexibility index (Phi) is 11.4. The number of nitrogens with one attached hydrogen (secondary N) is 3. The van der Waals surface area contributed by atoms with Gasteiger partial charge in [0.15, 0.2) is 0 Å². The lowest BCUT2D eigenvalue weighted by Gasteiger charge is -2.38. The van der Waals surface area contributed by atoms with Crippen LogP contribution in [0.5, 0.6) is 5.75 Å². The Morgan fingerprint density at radius 2 is 1.66 bits per heavy atom. The number of rotatable bonds is 14. The van der Waals surface area contributed by atoms with Gasteiger partial charge < -0.3 is 25.2 Å². The van der Waals surface area contributed by atoms with Crippen LogP contribution in [0.2, 0.25) is 0 Å². The van der Waals surface area contributed by atoms with Crippen LogP contribution in [0.4, 0.5) is 0 Å². The van der Waals surface area contributed by atoms with E-state index >= 15 is 0 Å². The summed E-state index contributed by atoms with van der Waals surface area (Å²) in [5, 5.41) is 17.2. The summed E-state index contributed by atoms with van der Waals surface area (Å²) in [5.41, 5.74) is 2.60. The molecule has 2 saturated heterocycles.